The minimum absolute atomic E-state index is 0.531. The highest BCUT2D eigenvalue weighted by Crippen LogP contribution is 2.25. The van der Waals surface area contributed by atoms with Crippen molar-refractivity contribution in [1.29, 1.82) is 0 Å². The van der Waals surface area contributed by atoms with Crippen molar-refractivity contribution in [3.8, 4) is 0 Å². The van der Waals surface area contributed by atoms with E-state index in [4.69, 9.17) is 10.7 Å². The van der Waals surface area contributed by atoms with Gasteiger partial charge < -0.3 is 10.3 Å². The average Bonchev–Trinajstić information content (AvgIpc) is 2.99. The molecule has 3 rings (SSSR count). The topological polar surface area (TPSA) is 56.7 Å². The van der Waals surface area contributed by atoms with Crippen LogP contribution in [0.3, 0.4) is 0 Å². The van der Waals surface area contributed by atoms with E-state index in [0.29, 0.717) is 5.82 Å². The monoisotopic (exact) mass is 340 g/mol. The first-order valence-electron chi connectivity index (χ1n) is 8.48. The van der Waals surface area contributed by atoms with E-state index in [0.717, 1.165) is 47.6 Å². The third-order valence-electron chi connectivity index (χ3n) is 4.16. The molecule has 2 aromatic heterocycles. The Bertz CT molecular complexity index is 811. The summed E-state index contributed by atoms with van der Waals surface area (Å²) in [6.45, 7) is 5.21. The van der Waals surface area contributed by atoms with E-state index in [1.165, 1.54) is 11.3 Å². The summed E-state index contributed by atoms with van der Waals surface area (Å²) in [5.41, 5.74) is 9.16. The van der Waals surface area contributed by atoms with Crippen molar-refractivity contribution < 1.29 is 0 Å². The summed E-state index contributed by atoms with van der Waals surface area (Å²) in [7, 11) is 0. The highest BCUT2D eigenvalue weighted by atomic mass is 32.2. The standard InChI is InChI=1S/C19H24N4S/c1-3-16-22-17-18(14(2)13-21-19(17)20)23(16)11-7-8-12-24-15-9-5-4-6-10-15/h4-6,9-10,13H,3,7-8,11-12H2,1-2H3,(H2,20,21). The van der Waals surface area contributed by atoms with Gasteiger partial charge in [0.1, 0.15) is 11.3 Å². The van der Waals surface area contributed by atoms with Gasteiger partial charge in [-0.15, -0.1) is 11.8 Å². The number of aromatic nitrogens is 3. The fourth-order valence-corrected chi connectivity index (χ4v) is 3.89. The third kappa shape index (κ3) is 3.56. The van der Waals surface area contributed by atoms with Crippen LogP contribution < -0.4 is 5.73 Å². The van der Waals surface area contributed by atoms with Gasteiger partial charge in [-0.2, -0.15) is 0 Å². The second-order valence-electron chi connectivity index (χ2n) is 5.93. The number of benzene rings is 1. The van der Waals surface area contributed by atoms with Gasteiger partial charge in [-0.3, -0.25) is 0 Å². The number of unbranched alkanes of at least 4 members (excludes halogenated alkanes) is 1. The van der Waals surface area contributed by atoms with Gasteiger partial charge in [-0.05, 0) is 43.2 Å². The molecule has 126 valence electrons. The van der Waals surface area contributed by atoms with Gasteiger partial charge in [0.25, 0.3) is 0 Å². The number of hydrogen-bond acceptors (Lipinski definition) is 4. The second-order valence-corrected chi connectivity index (χ2v) is 7.09. The van der Waals surface area contributed by atoms with Crippen LogP contribution in [0.15, 0.2) is 41.4 Å². The highest BCUT2D eigenvalue weighted by Gasteiger charge is 2.14. The first kappa shape index (κ1) is 16.8. The van der Waals surface area contributed by atoms with Crippen molar-refractivity contribution in [3.05, 3.63) is 47.9 Å². The largest absolute Gasteiger partial charge is 0.382 e. The molecule has 0 atom stereocenters. The molecule has 0 saturated carbocycles. The summed E-state index contributed by atoms with van der Waals surface area (Å²) in [6, 6.07) is 10.6. The van der Waals surface area contributed by atoms with E-state index in [1.807, 2.05) is 18.0 Å². The van der Waals surface area contributed by atoms with Crippen LogP contribution in [0, 0.1) is 6.92 Å². The molecule has 0 fully saturated rings. The van der Waals surface area contributed by atoms with Crippen LogP contribution in [-0.4, -0.2) is 20.3 Å². The molecule has 5 heteroatoms. The maximum absolute atomic E-state index is 6.01. The molecule has 24 heavy (non-hydrogen) atoms. The van der Waals surface area contributed by atoms with Gasteiger partial charge in [0.15, 0.2) is 5.82 Å². The summed E-state index contributed by atoms with van der Waals surface area (Å²) >= 11 is 1.92. The number of fused-ring (bicyclic) bond motifs is 1. The predicted molar refractivity (Wildman–Crippen MR) is 102 cm³/mol. The van der Waals surface area contributed by atoms with E-state index >= 15 is 0 Å². The summed E-state index contributed by atoms with van der Waals surface area (Å²) in [4.78, 5) is 10.3. The molecule has 0 radical (unpaired) electrons. The molecular formula is C19H24N4S. The molecule has 0 saturated heterocycles. The number of pyridine rings is 1. The Kier molecular flexibility index (Phi) is 5.41. The minimum atomic E-state index is 0.531. The molecule has 0 unspecified atom stereocenters. The first-order chi connectivity index (χ1) is 11.7. The third-order valence-corrected chi connectivity index (χ3v) is 5.26. The lowest BCUT2D eigenvalue weighted by Gasteiger charge is -2.10. The first-order valence-corrected chi connectivity index (χ1v) is 9.47. The lowest BCUT2D eigenvalue weighted by atomic mass is 10.2. The minimum Gasteiger partial charge on any atom is -0.382 e. The van der Waals surface area contributed by atoms with E-state index in [9.17, 15) is 0 Å². The predicted octanol–water partition coefficient (Wildman–Crippen LogP) is 4.46. The van der Waals surface area contributed by atoms with Crippen LogP contribution in [0.1, 0.15) is 31.2 Å². The Morgan fingerprint density at radius 2 is 1.96 bits per heavy atom. The lowest BCUT2D eigenvalue weighted by molar-refractivity contribution is 0.621. The van der Waals surface area contributed by atoms with Crippen LogP contribution >= 0.6 is 11.8 Å². The molecule has 2 N–H and O–H groups in total. The molecule has 2 heterocycles. The van der Waals surface area contributed by atoms with Crippen LogP contribution in [0.25, 0.3) is 11.0 Å². The van der Waals surface area contributed by atoms with Crippen LogP contribution in [-0.2, 0) is 13.0 Å². The number of aryl methyl sites for hydroxylation is 3. The molecule has 0 amide bonds. The normalized spacial score (nSPS) is 11.2. The van der Waals surface area contributed by atoms with Gasteiger partial charge in [-0.25, -0.2) is 9.97 Å². The maximum atomic E-state index is 6.01. The van der Waals surface area contributed by atoms with Crippen molar-refractivity contribution in [2.24, 2.45) is 0 Å². The number of nitrogens with zero attached hydrogens (tertiary/aromatic N) is 3. The Balaban J connectivity index is 1.65. The van der Waals surface area contributed by atoms with Gasteiger partial charge in [0, 0.05) is 24.1 Å². The molecular weight excluding hydrogens is 316 g/mol. The van der Waals surface area contributed by atoms with E-state index in [-0.39, 0.29) is 0 Å². The Morgan fingerprint density at radius 1 is 1.17 bits per heavy atom. The summed E-state index contributed by atoms with van der Waals surface area (Å²) in [6.07, 6.45) is 5.08. The zero-order valence-corrected chi connectivity index (χ0v) is 15.1. The zero-order chi connectivity index (χ0) is 16.9. The molecule has 4 nitrogen and oxygen atoms in total. The van der Waals surface area contributed by atoms with Crippen molar-refractivity contribution in [3.63, 3.8) is 0 Å². The van der Waals surface area contributed by atoms with Crippen LogP contribution in [0.5, 0.6) is 0 Å². The summed E-state index contributed by atoms with van der Waals surface area (Å²) in [5, 5.41) is 0. The fourth-order valence-electron chi connectivity index (χ4n) is 2.96. The van der Waals surface area contributed by atoms with E-state index < -0.39 is 0 Å². The molecule has 0 bridgehead atoms. The fraction of sp³-hybridized carbons (Fsp3) is 0.368. The number of anilines is 1. The van der Waals surface area contributed by atoms with Gasteiger partial charge in [0.05, 0.1) is 5.52 Å². The lowest BCUT2D eigenvalue weighted by Crippen LogP contribution is -2.04. The Labute approximate surface area is 147 Å². The van der Waals surface area contributed by atoms with Crippen LogP contribution in [0.2, 0.25) is 0 Å². The molecule has 3 aromatic rings. The summed E-state index contributed by atoms with van der Waals surface area (Å²) < 4.78 is 2.33. The Morgan fingerprint density at radius 3 is 2.71 bits per heavy atom. The SMILES string of the molecule is CCc1nc2c(N)ncc(C)c2n1CCCCSc1ccccc1. The van der Waals surface area contributed by atoms with Crippen molar-refractivity contribution in [1.82, 2.24) is 14.5 Å². The zero-order valence-electron chi connectivity index (χ0n) is 14.3. The molecule has 0 aliphatic carbocycles. The quantitative estimate of drug-likeness (QED) is 0.510. The van der Waals surface area contributed by atoms with Crippen molar-refractivity contribution >= 4 is 28.6 Å². The van der Waals surface area contributed by atoms with Gasteiger partial charge in [-0.1, -0.05) is 25.1 Å². The summed E-state index contributed by atoms with van der Waals surface area (Å²) in [5.74, 6) is 2.77. The second kappa shape index (κ2) is 7.71. The number of imidazole rings is 1. The number of nitrogen functional groups attached to an aromatic ring is 1. The van der Waals surface area contributed by atoms with Gasteiger partial charge in [0.2, 0.25) is 0 Å². The van der Waals surface area contributed by atoms with Gasteiger partial charge >= 0.3 is 0 Å². The number of nitrogens with two attached hydrogens (primary N) is 1. The van der Waals surface area contributed by atoms with Crippen LogP contribution in [0.4, 0.5) is 5.82 Å². The van der Waals surface area contributed by atoms with E-state index in [2.05, 4.69) is 53.7 Å². The maximum Gasteiger partial charge on any atom is 0.151 e. The number of hydrogen-bond donors (Lipinski definition) is 1. The van der Waals surface area contributed by atoms with E-state index in [1.54, 1.807) is 0 Å². The molecule has 0 aliphatic heterocycles. The van der Waals surface area contributed by atoms with Crippen molar-refractivity contribution in [2.45, 2.75) is 44.6 Å². The smallest absolute Gasteiger partial charge is 0.151 e. The molecule has 1 aromatic carbocycles. The number of thioether (sulfide) groups is 1. The highest BCUT2D eigenvalue weighted by molar-refractivity contribution is 7.99. The number of rotatable bonds is 7. The molecule has 0 aliphatic rings. The molecule has 0 spiro atoms. The van der Waals surface area contributed by atoms with Crippen molar-refractivity contribution in [2.75, 3.05) is 11.5 Å². The average molecular weight is 340 g/mol. The Hall–Kier alpha value is -2.01.